The molecule has 0 aromatic carbocycles. The molecule has 124 valence electrons. The number of amides is 2. The van der Waals surface area contributed by atoms with Gasteiger partial charge >= 0.3 is 6.09 Å². The van der Waals surface area contributed by atoms with Crippen molar-refractivity contribution in [2.24, 2.45) is 0 Å². The Morgan fingerprint density at radius 2 is 2.22 bits per heavy atom. The molecule has 0 aliphatic carbocycles. The maximum atomic E-state index is 13.0. The molecule has 0 radical (unpaired) electrons. The van der Waals surface area contributed by atoms with E-state index in [4.69, 9.17) is 4.74 Å². The van der Waals surface area contributed by atoms with Crippen LogP contribution in [-0.2, 0) is 9.53 Å². The Hall–Kier alpha value is -2.38. The Kier molecular flexibility index (Phi) is 4.31. The molecule has 3 rings (SSSR count). The van der Waals surface area contributed by atoms with Crippen molar-refractivity contribution in [1.29, 1.82) is 0 Å². The number of ether oxygens (including phenoxy) is 1. The minimum atomic E-state index is -0.430. The van der Waals surface area contributed by atoms with Crippen LogP contribution in [0.2, 0.25) is 0 Å². The fourth-order valence-corrected chi connectivity index (χ4v) is 2.90. The zero-order chi connectivity index (χ0) is 16.4. The summed E-state index contributed by atoms with van der Waals surface area (Å²) in [6.07, 6.45) is 0.763. The molecule has 2 fully saturated rings. The Balaban J connectivity index is 1.58. The number of hydrogen-bond donors (Lipinski definition) is 0. The summed E-state index contributed by atoms with van der Waals surface area (Å²) in [5.41, 5.74) is 0. The lowest BCUT2D eigenvalue weighted by molar-refractivity contribution is -0.132. The predicted molar refractivity (Wildman–Crippen MR) is 80.5 cm³/mol. The van der Waals surface area contributed by atoms with Gasteiger partial charge in [0, 0.05) is 25.7 Å². The molecule has 2 saturated heterocycles. The standard InChI is InChI=1S/C15H19FN4O3/c1-11-9-18(14(21)10-19-6-7-23-15(19)22)4-5-20(11)13-3-2-12(16)8-17-13/h2-3,8,11H,4-7,9-10H2,1H3. The molecular weight excluding hydrogens is 303 g/mol. The van der Waals surface area contributed by atoms with E-state index in [1.807, 2.05) is 11.8 Å². The fourth-order valence-electron chi connectivity index (χ4n) is 2.90. The molecule has 2 aliphatic heterocycles. The number of piperazine rings is 1. The number of carbonyl (C=O) groups is 2. The molecule has 1 unspecified atom stereocenters. The second-order valence-electron chi connectivity index (χ2n) is 5.75. The Bertz CT molecular complexity index is 595. The van der Waals surface area contributed by atoms with Crippen molar-refractivity contribution in [2.75, 3.05) is 44.2 Å². The normalized spacial score (nSPS) is 21.6. The lowest BCUT2D eigenvalue weighted by Crippen LogP contribution is -2.55. The molecule has 0 saturated carbocycles. The summed E-state index contributed by atoms with van der Waals surface area (Å²) in [5, 5.41) is 0. The van der Waals surface area contributed by atoms with Crippen LogP contribution in [0.15, 0.2) is 18.3 Å². The Labute approximate surface area is 133 Å². The average Bonchev–Trinajstić information content (AvgIpc) is 2.93. The van der Waals surface area contributed by atoms with Crippen LogP contribution in [0.5, 0.6) is 0 Å². The van der Waals surface area contributed by atoms with Crippen LogP contribution in [0.25, 0.3) is 0 Å². The van der Waals surface area contributed by atoms with Crippen LogP contribution in [0, 0.1) is 5.82 Å². The van der Waals surface area contributed by atoms with E-state index in [1.165, 1.54) is 17.2 Å². The van der Waals surface area contributed by atoms with Crippen LogP contribution >= 0.6 is 0 Å². The van der Waals surface area contributed by atoms with Crippen molar-refractivity contribution in [3.05, 3.63) is 24.1 Å². The summed E-state index contributed by atoms with van der Waals surface area (Å²) in [4.78, 5) is 33.0. The van der Waals surface area contributed by atoms with Crippen molar-refractivity contribution < 1.29 is 18.7 Å². The molecule has 0 bridgehead atoms. The van der Waals surface area contributed by atoms with Crippen molar-refractivity contribution in [2.45, 2.75) is 13.0 Å². The molecule has 7 nitrogen and oxygen atoms in total. The highest BCUT2D eigenvalue weighted by atomic mass is 19.1. The monoisotopic (exact) mass is 322 g/mol. The molecule has 8 heteroatoms. The Morgan fingerprint density at radius 1 is 1.39 bits per heavy atom. The molecule has 3 heterocycles. The van der Waals surface area contributed by atoms with E-state index in [9.17, 15) is 14.0 Å². The first kappa shape index (κ1) is 15.5. The molecule has 1 aromatic rings. The molecule has 2 aliphatic rings. The van der Waals surface area contributed by atoms with Gasteiger partial charge in [0.05, 0.1) is 12.7 Å². The minimum Gasteiger partial charge on any atom is -0.448 e. The fraction of sp³-hybridized carbons (Fsp3) is 0.533. The maximum Gasteiger partial charge on any atom is 0.410 e. The van der Waals surface area contributed by atoms with Gasteiger partial charge in [0.1, 0.15) is 24.8 Å². The number of anilines is 1. The number of aromatic nitrogens is 1. The molecule has 0 N–H and O–H groups in total. The van der Waals surface area contributed by atoms with Crippen molar-refractivity contribution in [3.8, 4) is 0 Å². The average molecular weight is 322 g/mol. The van der Waals surface area contributed by atoms with E-state index in [2.05, 4.69) is 4.98 Å². The summed E-state index contributed by atoms with van der Waals surface area (Å²) in [6.45, 7) is 4.56. The van der Waals surface area contributed by atoms with Gasteiger partial charge in [-0.15, -0.1) is 0 Å². The topological polar surface area (TPSA) is 66.0 Å². The number of halogens is 1. The SMILES string of the molecule is CC1CN(C(=O)CN2CCOC2=O)CCN1c1ccc(F)cn1. The summed E-state index contributed by atoms with van der Waals surface area (Å²) >= 11 is 0. The van der Waals surface area contributed by atoms with Crippen LogP contribution in [0.3, 0.4) is 0 Å². The van der Waals surface area contributed by atoms with E-state index >= 15 is 0 Å². The van der Waals surface area contributed by atoms with Crippen LogP contribution in [0.4, 0.5) is 15.0 Å². The smallest absolute Gasteiger partial charge is 0.410 e. The van der Waals surface area contributed by atoms with Crippen LogP contribution in [-0.4, -0.2) is 72.2 Å². The van der Waals surface area contributed by atoms with E-state index in [0.717, 1.165) is 0 Å². The first-order valence-corrected chi connectivity index (χ1v) is 7.62. The van der Waals surface area contributed by atoms with E-state index < -0.39 is 6.09 Å². The van der Waals surface area contributed by atoms with Crippen molar-refractivity contribution in [3.63, 3.8) is 0 Å². The highest BCUT2D eigenvalue weighted by molar-refractivity contribution is 5.83. The van der Waals surface area contributed by atoms with Gasteiger partial charge in [0.2, 0.25) is 5.91 Å². The van der Waals surface area contributed by atoms with Gasteiger partial charge in [-0.2, -0.15) is 0 Å². The summed E-state index contributed by atoms with van der Waals surface area (Å²) in [7, 11) is 0. The zero-order valence-corrected chi connectivity index (χ0v) is 12.9. The van der Waals surface area contributed by atoms with Crippen LogP contribution < -0.4 is 4.90 Å². The second-order valence-corrected chi connectivity index (χ2v) is 5.75. The number of cyclic esters (lactones) is 1. The van der Waals surface area contributed by atoms with Gasteiger partial charge < -0.3 is 14.5 Å². The first-order valence-electron chi connectivity index (χ1n) is 7.62. The number of nitrogens with zero attached hydrogens (tertiary/aromatic N) is 4. The number of rotatable bonds is 3. The molecule has 0 spiro atoms. The summed E-state index contributed by atoms with van der Waals surface area (Å²) in [6, 6.07) is 3.09. The quantitative estimate of drug-likeness (QED) is 0.820. The van der Waals surface area contributed by atoms with Crippen LogP contribution in [0.1, 0.15) is 6.92 Å². The summed E-state index contributed by atoms with van der Waals surface area (Å²) in [5.74, 6) is 0.254. The zero-order valence-electron chi connectivity index (χ0n) is 12.9. The third kappa shape index (κ3) is 3.35. The van der Waals surface area contributed by atoms with Gasteiger partial charge in [-0.3, -0.25) is 9.69 Å². The van der Waals surface area contributed by atoms with Crippen molar-refractivity contribution in [1.82, 2.24) is 14.8 Å². The van der Waals surface area contributed by atoms with Gasteiger partial charge in [-0.05, 0) is 19.1 Å². The molecule has 23 heavy (non-hydrogen) atoms. The third-order valence-corrected chi connectivity index (χ3v) is 4.16. The largest absolute Gasteiger partial charge is 0.448 e. The van der Waals surface area contributed by atoms with E-state index in [1.54, 1.807) is 11.0 Å². The lowest BCUT2D eigenvalue weighted by atomic mass is 10.2. The Morgan fingerprint density at radius 3 is 2.83 bits per heavy atom. The number of pyridine rings is 1. The van der Waals surface area contributed by atoms with Gasteiger partial charge in [0.25, 0.3) is 0 Å². The van der Waals surface area contributed by atoms with E-state index in [-0.39, 0.29) is 24.3 Å². The van der Waals surface area contributed by atoms with Crippen molar-refractivity contribution >= 4 is 17.8 Å². The summed E-state index contributed by atoms with van der Waals surface area (Å²) < 4.78 is 17.8. The van der Waals surface area contributed by atoms with E-state index in [0.29, 0.717) is 38.6 Å². The molecule has 2 amide bonds. The second kappa shape index (κ2) is 6.39. The molecule has 1 atom stereocenters. The third-order valence-electron chi connectivity index (χ3n) is 4.16. The predicted octanol–water partition coefficient (Wildman–Crippen LogP) is 0.710. The first-order chi connectivity index (χ1) is 11.0. The molecular formula is C15H19FN4O3. The number of hydrogen-bond acceptors (Lipinski definition) is 5. The number of carbonyl (C=O) groups excluding carboxylic acids is 2. The maximum absolute atomic E-state index is 13.0. The van der Waals surface area contributed by atoms with Gasteiger partial charge in [-0.25, -0.2) is 14.2 Å². The minimum absolute atomic E-state index is 0.0559. The molecule has 1 aromatic heterocycles. The highest BCUT2D eigenvalue weighted by Crippen LogP contribution is 2.18. The highest BCUT2D eigenvalue weighted by Gasteiger charge is 2.31. The van der Waals surface area contributed by atoms with Gasteiger partial charge in [-0.1, -0.05) is 0 Å². The lowest BCUT2D eigenvalue weighted by Gasteiger charge is -2.40. The van der Waals surface area contributed by atoms with Gasteiger partial charge in [0.15, 0.2) is 0 Å².